The Balaban J connectivity index is 2.36. The minimum absolute atomic E-state index is 0.104. The molecule has 0 saturated heterocycles. The molecule has 0 fully saturated rings. The summed E-state index contributed by atoms with van der Waals surface area (Å²) in [6.07, 6.45) is 2.11. The van der Waals surface area contributed by atoms with Crippen LogP contribution in [0.25, 0.3) is 0 Å². The van der Waals surface area contributed by atoms with Gasteiger partial charge in [-0.2, -0.15) is 0 Å². The van der Waals surface area contributed by atoms with Gasteiger partial charge in [-0.1, -0.05) is 55.3 Å². The van der Waals surface area contributed by atoms with Crippen LogP contribution < -0.4 is 11.3 Å². The average Bonchev–Trinajstić information content (AvgIpc) is 2.44. The summed E-state index contributed by atoms with van der Waals surface area (Å²) in [5.41, 5.74) is 5.92. The summed E-state index contributed by atoms with van der Waals surface area (Å²) >= 11 is 5.84. The molecule has 0 aromatic heterocycles. The summed E-state index contributed by atoms with van der Waals surface area (Å²) in [7, 11) is 0. The number of nitrogens with two attached hydrogens (primary N) is 1. The molecule has 3 N–H and O–H groups in total. The van der Waals surface area contributed by atoms with Crippen molar-refractivity contribution in [2.45, 2.75) is 25.8 Å². The maximum atomic E-state index is 13.2. The summed E-state index contributed by atoms with van der Waals surface area (Å²) < 4.78 is 13.2. The third-order valence-corrected chi connectivity index (χ3v) is 3.56. The molecular weight excluding hydrogens is 275 g/mol. The van der Waals surface area contributed by atoms with Crippen molar-refractivity contribution < 1.29 is 4.39 Å². The first-order chi connectivity index (χ1) is 9.65. The fourth-order valence-electron chi connectivity index (χ4n) is 2.29. The molecule has 0 spiro atoms. The minimum atomic E-state index is -0.425. The summed E-state index contributed by atoms with van der Waals surface area (Å²) in [5, 5.41) is 0.104. The fraction of sp³-hybridized carbons (Fsp3) is 0.250. The van der Waals surface area contributed by atoms with Gasteiger partial charge in [0.25, 0.3) is 0 Å². The predicted octanol–water partition coefficient (Wildman–Crippen LogP) is 3.98. The van der Waals surface area contributed by atoms with E-state index in [0.29, 0.717) is 0 Å². The molecule has 0 aliphatic carbocycles. The second-order valence-electron chi connectivity index (χ2n) is 4.77. The largest absolute Gasteiger partial charge is 0.271 e. The van der Waals surface area contributed by atoms with Crippen molar-refractivity contribution in [2.75, 3.05) is 0 Å². The molecule has 20 heavy (non-hydrogen) atoms. The number of hydrazine groups is 1. The van der Waals surface area contributed by atoms with Crippen LogP contribution >= 0.6 is 11.6 Å². The summed E-state index contributed by atoms with van der Waals surface area (Å²) in [6.45, 7) is 2.14. The van der Waals surface area contributed by atoms with Gasteiger partial charge in [-0.05, 0) is 35.2 Å². The van der Waals surface area contributed by atoms with E-state index in [1.165, 1.54) is 11.6 Å². The van der Waals surface area contributed by atoms with Crippen LogP contribution in [0, 0.1) is 5.82 Å². The highest BCUT2D eigenvalue weighted by Gasteiger charge is 2.14. The Morgan fingerprint density at radius 3 is 2.60 bits per heavy atom. The van der Waals surface area contributed by atoms with Crippen molar-refractivity contribution in [1.29, 1.82) is 0 Å². The Labute approximate surface area is 123 Å². The molecule has 0 aliphatic rings. The van der Waals surface area contributed by atoms with E-state index in [4.69, 9.17) is 17.4 Å². The first-order valence-electron chi connectivity index (χ1n) is 6.65. The van der Waals surface area contributed by atoms with Crippen LogP contribution in [0.4, 0.5) is 4.39 Å². The van der Waals surface area contributed by atoms with Crippen LogP contribution in [0.3, 0.4) is 0 Å². The van der Waals surface area contributed by atoms with Crippen LogP contribution in [0.15, 0.2) is 42.5 Å². The molecule has 0 bridgehead atoms. The summed E-state index contributed by atoms with van der Waals surface area (Å²) in [5.74, 6) is 5.24. The monoisotopic (exact) mass is 292 g/mol. The highest BCUT2D eigenvalue weighted by atomic mass is 35.5. The van der Waals surface area contributed by atoms with Gasteiger partial charge >= 0.3 is 0 Å². The third-order valence-electron chi connectivity index (χ3n) is 3.27. The summed E-state index contributed by atoms with van der Waals surface area (Å²) in [4.78, 5) is 0. The van der Waals surface area contributed by atoms with Crippen LogP contribution in [0.2, 0.25) is 5.02 Å². The van der Waals surface area contributed by atoms with Crippen LogP contribution in [0.1, 0.15) is 36.1 Å². The van der Waals surface area contributed by atoms with Crippen LogP contribution in [0.5, 0.6) is 0 Å². The molecule has 2 rings (SSSR count). The van der Waals surface area contributed by atoms with E-state index in [1.54, 1.807) is 12.1 Å². The second kappa shape index (κ2) is 6.84. The van der Waals surface area contributed by atoms with E-state index in [0.717, 1.165) is 24.0 Å². The van der Waals surface area contributed by atoms with Crippen LogP contribution in [-0.2, 0) is 6.42 Å². The van der Waals surface area contributed by atoms with Gasteiger partial charge in [0.15, 0.2) is 0 Å². The molecule has 0 heterocycles. The Kier molecular flexibility index (Phi) is 5.12. The number of benzene rings is 2. The Bertz CT molecular complexity index is 586. The number of hydrogen-bond donors (Lipinski definition) is 2. The number of hydrogen-bond acceptors (Lipinski definition) is 2. The van der Waals surface area contributed by atoms with Gasteiger partial charge in [0.1, 0.15) is 5.82 Å². The van der Waals surface area contributed by atoms with Gasteiger partial charge in [-0.15, -0.1) is 0 Å². The van der Waals surface area contributed by atoms with Gasteiger partial charge in [-0.3, -0.25) is 5.84 Å². The second-order valence-corrected chi connectivity index (χ2v) is 5.18. The van der Waals surface area contributed by atoms with Crippen molar-refractivity contribution in [1.82, 2.24) is 5.43 Å². The lowest BCUT2D eigenvalue weighted by atomic mass is 9.96. The molecule has 106 valence electrons. The van der Waals surface area contributed by atoms with E-state index in [2.05, 4.69) is 24.5 Å². The smallest absolute Gasteiger partial charge is 0.141 e. The van der Waals surface area contributed by atoms with E-state index in [-0.39, 0.29) is 11.1 Å². The van der Waals surface area contributed by atoms with Crippen molar-refractivity contribution in [3.63, 3.8) is 0 Å². The van der Waals surface area contributed by atoms with Gasteiger partial charge in [0.05, 0.1) is 11.1 Å². The minimum Gasteiger partial charge on any atom is -0.271 e. The number of halogens is 2. The zero-order chi connectivity index (χ0) is 14.5. The highest BCUT2D eigenvalue weighted by molar-refractivity contribution is 6.30. The first kappa shape index (κ1) is 15.0. The van der Waals surface area contributed by atoms with Crippen molar-refractivity contribution >= 4 is 11.6 Å². The SMILES string of the molecule is CCCc1cccc(C(NN)c2ccc(F)c(Cl)c2)c1. The maximum absolute atomic E-state index is 13.2. The standard InChI is InChI=1S/C16H18ClFN2/c1-2-4-11-5-3-6-12(9-11)16(20-19)13-7-8-15(18)14(17)10-13/h3,5-10,16,20H,2,4,19H2,1H3. The molecule has 1 atom stereocenters. The molecule has 0 radical (unpaired) electrons. The zero-order valence-electron chi connectivity index (χ0n) is 11.4. The van der Waals surface area contributed by atoms with Crippen molar-refractivity contribution in [3.8, 4) is 0 Å². The predicted molar refractivity (Wildman–Crippen MR) is 81.0 cm³/mol. The Morgan fingerprint density at radius 2 is 1.95 bits per heavy atom. The quantitative estimate of drug-likeness (QED) is 0.646. The van der Waals surface area contributed by atoms with E-state index < -0.39 is 5.82 Å². The van der Waals surface area contributed by atoms with Crippen LogP contribution in [-0.4, -0.2) is 0 Å². The van der Waals surface area contributed by atoms with Gasteiger partial charge in [-0.25, -0.2) is 9.82 Å². The molecule has 0 amide bonds. The molecule has 2 aromatic carbocycles. The van der Waals surface area contributed by atoms with Gasteiger partial charge in [0, 0.05) is 0 Å². The molecule has 2 aromatic rings. The van der Waals surface area contributed by atoms with Gasteiger partial charge in [0.2, 0.25) is 0 Å². The lowest BCUT2D eigenvalue weighted by Gasteiger charge is -2.18. The van der Waals surface area contributed by atoms with Crippen molar-refractivity contribution in [2.24, 2.45) is 5.84 Å². The number of aryl methyl sites for hydroxylation is 1. The highest BCUT2D eigenvalue weighted by Crippen LogP contribution is 2.26. The molecule has 0 aliphatic heterocycles. The van der Waals surface area contributed by atoms with Crippen molar-refractivity contribution in [3.05, 3.63) is 70.0 Å². The lowest BCUT2D eigenvalue weighted by Crippen LogP contribution is -2.28. The van der Waals surface area contributed by atoms with E-state index >= 15 is 0 Å². The summed E-state index contributed by atoms with van der Waals surface area (Å²) in [6, 6.07) is 12.7. The Morgan fingerprint density at radius 1 is 1.20 bits per heavy atom. The zero-order valence-corrected chi connectivity index (χ0v) is 12.1. The van der Waals surface area contributed by atoms with E-state index in [1.807, 2.05) is 12.1 Å². The molecule has 0 saturated carbocycles. The normalized spacial score (nSPS) is 12.4. The van der Waals surface area contributed by atoms with E-state index in [9.17, 15) is 4.39 Å². The molecule has 4 heteroatoms. The van der Waals surface area contributed by atoms with Gasteiger partial charge < -0.3 is 0 Å². The third kappa shape index (κ3) is 3.37. The maximum Gasteiger partial charge on any atom is 0.141 e. The molecule has 1 unspecified atom stereocenters. The topological polar surface area (TPSA) is 38.0 Å². The number of nitrogens with one attached hydrogen (secondary N) is 1. The first-order valence-corrected chi connectivity index (χ1v) is 7.03. The fourth-order valence-corrected chi connectivity index (χ4v) is 2.48. The molecular formula is C16H18ClFN2. The Hall–Kier alpha value is -1.42. The average molecular weight is 293 g/mol. The lowest BCUT2D eigenvalue weighted by molar-refractivity contribution is 0.615. The molecule has 2 nitrogen and oxygen atoms in total. The number of rotatable bonds is 5.